The molecule has 0 fully saturated rings. The summed E-state index contributed by atoms with van der Waals surface area (Å²) in [5.74, 6) is 0. The van der Waals surface area contributed by atoms with Crippen molar-refractivity contribution in [3.05, 3.63) is 59.6 Å². The number of nitrogens with zero attached hydrogens (tertiary/aromatic N) is 1. The minimum atomic E-state index is 1.27. The van der Waals surface area contributed by atoms with Crippen molar-refractivity contribution >= 4 is 11.1 Å². The van der Waals surface area contributed by atoms with E-state index in [0.717, 1.165) is 0 Å². The fraction of sp³-hybridized carbons (Fsp3) is 0.176. The molecule has 1 heteroatoms. The van der Waals surface area contributed by atoms with Gasteiger partial charge in [0.2, 0.25) is 0 Å². The normalized spacial score (nSPS) is 11.1. The van der Waals surface area contributed by atoms with Gasteiger partial charge in [0, 0.05) is 17.3 Å². The van der Waals surface area contributed by atoms with E-state index < -0.39 is 0 Å². The van der Waals surface area contributed by atoms with Gasteiger partial charge < -0.3 is 4.40 Å². The van der Waals surface area contributed by atoms with Crippen molar-refractivity contribution in [3.63, 3.8) is 0 Å². The van der Waals surface area contributed by atoms with Crippen molar-refractivity contribution in [3.8, 4) is 11.1 Å². The molecular formula is C17H17N. The summed E-state index contributed by atoms with van der Waals surface area (Å²) >= 11 is 0. The van der Waals surface area contributed by atoms with Crippen molar-refractivity contribution in [2.45, 2.75) is 20.8 Å². The van der Waals surface area contributed by atoms with E-state index in [1.807, 2.05) is 0 Å². The molecule has 0 aliphatic carbocycles. The highest BCUT2D eigenvalue weighted by Gasteiger charge is 2.07. The third kappa shape index (κ3) is 1.63. The highest BCUT2D eigenvalue weighted by atomic mass is 14.9. The van der Waals surface area contributed by atoms with E-state index in [2.05, 4.69) is 73.8 Å². The second kappa shape index (κ2) is 4.02. The Balaban J connectivity index is 2.40. The third-order valence-corrected chi connectivity index (χ3v) is 3.37. The number of rotatable bonds is 1. The summed E-state index contributed by atoms with van der Waals surface area (Å²) in [5, 5.41) is 1.32. The molecule has 3 aromatic rings. The Hall–Kier alpha value is -2.02. The summed E-state index contributed by atoms with van der Waals surface area (Å²) < 4.78 is 2.27. The number of hydrogen-bond acceptors (Lipinski definition) is 0. The summed E-state index contributed by atoms with van der Waals surface area (Å²) in [6.45, 7) is 6.49. The fourth-order valence-corrected chi connectivity index (χ4v) is 2.60. The lowest BCUT2D eigenvalue weighted by Gasteiger charge is -2.02. The SMILES string of the molecule is CC(C)=c1c(-c2cccc(C)c2)cc2cccn12. The molecule has 0 radical (unpaired) electrons. The van der Waals surface area contributed by atoms with Gasteiger partial charge in [-0.25, -0.2) is 0 Å². The van der Waals surface area contributed by atoms with Gasteiger partial charge in [0.1, 0.15) is 0 Å². The Morgan fingerprint density at radius 3 is 2.56 bits per heavy atom. The number of benzene rings is 1. The summed E-state index contributed by atoms with van der Waals surface area (Å²) in [6, 6.07) is 15.2. The molecule has 0 spiro atoms. The lowest BCUT2D eigenvalue weighted by Crippen LogP contribution is -2.12. The zero-order valence-electron chi connectivity index (χ0n) is 11.1. The summed E-state index contributed by atoms with van der Waals surface area (Å²) in [6.07, 6.45) is 2.14. The van der Waals surface area contributed by atoms with E-state index in [9.17, 15) is 0 Å². The zero-order valence-corrected chi connectivity index (χ0v) is 11.1. The van der Waals surface area contributed by atoms with E-state index in [1.54, 1.807) is 0 Å². The molecule has 90 valence electrons. The minimum absolute atomic E-state index is 1.27. The van der Waals surface area contributed by atoms with Gasteiger partial charge >= 0.3 is 0 Å². The van der Waals surface area contributed by atoms with Crippen molar-refractivity contribution in [2.75, 3.05) is 0 Å². The fourth-order valence-electron chi connectivity index (χ4n) is 2.60. The van der Waals surface area contributed by atoms with Gasteiger partial charge in [-0.1, -0.05) is 35.4 Å². The van der Waals surface area contributed by atoms with Crippen LogP contribution in [0.3, 0.4) is 0 Å². The van der Waals surface area contributed by atoms with E-state index >= 15 is 0 Å². The second-order valence-corrected chi connectivity index (χ2v) is 5.08. The maximum Gasteiger partial charge on any atom is 0.0521 e. The lowest BCUT2D eigenvalue weighted by atomic mass is 10.0. The van der Waals surface area contributed by atoms with E-state index in [-0.39, 0.29) is 0 Å². The van der Waals surface area contributed by atoms with Crippen LogP contribution in [0, 0.1) is 6.92 Å². The van der Waals surface area contributed by atoms with Crippen LogP contribution in [0.1, 0.15) is 19.4 Å². The van der Waals surface area contributed by atoms with Gasteiger partial charge in [-0.15, -0.1) is 0 Å². The molecule has 2 aromatic heterocycles. The number of aromatic nitrogens is 1. The van der Waals surface area contributed by atoms with Crippen LogP contribution in [0.15, 0.2) is 48.7 Å². The third-order valence-electron chi connectivity index (χ3n) is 3.37. The van der Waals surface area contributed by atoms with Crippen molar-refractivity contribution in [1.82, 2.24) is 4.40 Å². The molecule has 0 saturated heterocycles. The molecule has 1 nitrogen and oxygen atoms in total. The highest BCUT2D eigenvalue weighted by Crippen LogP contribution is 2.20. The summed E-state index contributed by atoms with van der Waals surface area (Å²) in [7, 11) is 0. The van der Waals surface area contributed by atoms with Crippen molar-refractivity contribution in [2.24, 2.45) is 0 Å². The predicted molar refractivity (Wildman–Crippen MR) is 77.5 cm³/mol. The van der Waals surface area contributed by atoms with Gasteiger partial charge in [-0.2, -0.15) is 0 Å². The Labute approximate surface area is 107 Å². The van der Waals surface area contributed by atoms with Crippen LogP contribution in [0.25, 0.3) is 22.2 Å². The molecule has 0 saturated carbocycles. The standard InChI is InChI=1S/C17H17N/c1-12(2)17-16(11-15-8-5-9-18(15)17)14-7-4-6-13(3)10-14/h4-11H,1-3H3. The van der Waals surface area contributed by atoms with Crippen molar-refractivity contribution in [1.29, 1.82) is 0 Å². The van der Waals surface area contributed by atoms with Crippen LogP contribution in [0.5, 0.6) is 0 Å². The van der Waals surface area contributed by atoms with Crippen LogP contribution < -0.4 is 5.35 Å². The maximum atomic E-state index is 2.27. The maximum absolute atomic E-state index is 2.27. The zero-order chi connectivity index (χ0) is 12.7. The average Bonchev–Trinajstić information content (AvgIpc) is 2.87. The Morgan fingerprint density at radius 1 is 1.00 bits per heavy atom. The summed E-state index contributed by atoms with van der Waals surface area (Å²) in [4.78, 5) is 0. The first-order valence-corrected chi connectivity index (χ1v) is 6.31. The van der Waals surface area contributed by atoms with Crippen LogP contribution in [0.2, 0.25) is 0 Å². The van der Waals surface area contributed by atoms with Crippen LogP contribution in [-0.2, 0) is 0 Å². The molecule has 3 rings (SSSR count). The predicted octanol–water partition coefficient (Wildman–Crippen LogP) is 3.82. The van der Waals surface area contributed by atoms with E-state index in [0.29, 0.717) is 0 Å². The molecule has 2 heterocycles. The van der Waals surface area contributed by atoms with Crippen LogP contribution in [-0.4, -0.2) is 4.40 Å². The molecule has 0 unspecified atom stereocenters. The first-order valence-electron chi connectivity index (χ1n) is 6.31. The molecule has 0 aliphatic heterocycles. The second-order valence-electron chi connectivity index (χ2n) is 5.08. The molecule has 0 aliphatic rings. The summed E-state index contributed by atoms with van der Waals surface area (Å²) in [5.41, 5.74) is 6.54. The number of aryl methyl sites for hydroxylation is 1. The molecule has 0 atom stereocenters. The average molecular weight is 235 g/mol. The topological polar surface area (TPSA) is 4.41 Å². The quantitative estimate of drug-likeness (QED) is 0.604. The highest BCUT2D eigenvalue weighted by molar-refractivity contribution is 5.73. The lowest BCUT2D eigenvalue weighted by molar-refractivity contribution is 1.15. The van der Waals surface area contributed by atoms with Gasteiger partial charge in [0.05, 0.1) is 5.35 Å². The smallest absolute Gasteiger partial charge is 0.0521 e. The minimum Gasteiger partial charge on any atom is -0.317 e. The van der Waals surface area contributed by atoms with Gasteiger partial charge in [-0.3, -0.25) is 0 Å². The monoisotopic (exact) mass is 235 g/mol. The van der Waals surface area contributed by atoms with E-state index in [1.165, 1.54) is 33.1 Å². The molecule has 0 bridgehead atoms. The molecule has 0 amide bonds. The first-order chi connectivity index (χ1) is 8.66. The largest absolute Gasteiger partial charge is 0.317 e. The number of fused-ring (bicyclic) bond motifs is 1. The van der Waals surface area contributed by atoms with E-state index in [4.69, 9.17) is 0 Å². The number of hydrogen-bond donors (Lipinski definition) is 0. The molecule has 18 heavy (non-hydrogen) atoms. The van der Waals surface area contributed by atoms with Gasteiger partial charge in [0.25, 0.3) is 0 Å². The van der Waals surface area contributed by atoms with Crippen molar-refractivity contribution < 1.29 is 0 Å². The molecular weight excluding hydrogens is 218 g/mol. The van der Waals surface area contributed by atoms with Gasteiger partial charge in [0.15, 0.2) is 0 Å². The molecule has 1 aromatic carbocycles. The Morgan fingerprint density at radius 2 is 1.83 bits per heavy atom. The Bertz CT molecular complexity index is 758. The molecule has 0 N–H and O–H groups in total. The first kappa shape index (κ1) is 11.1. The van der Waals surface area contributed by atoms with Gasteiger partial charge in [-0.05, 0) is 44.5 Å². The Kier molecular flexibility index (Phi) is 2.48. The van der Waals surface area contributed by atoms with Crippen LogP contribution >= 0.6 is 0 Å². The van der Waals surface area contributed by atoms with Crippen LogP contribution in [0.4, 0.5) is 0 Å².